The predicted octanol–water partition coefficient (Wildman–Crippen LogP) is 4.81. The standard InChI is InChI=1S/C22H26O4S/c1-16-6-11-21(27-16)20-12-13-25-14-18(20)15-26-19-9-7-17(8-10-19)4-3-5-22(23)24-2/h6-11H,3-5,12-15H2,1-2H3. The first-order valence-corrected chi connectivity index (χ1v) is 10.1. The fraction of sp³-hybridized carbons (Fsp3) is 0.409. The molecule has 0 atom stereocenters. The summed E-state index contributed by atoms with van der Waals surface area (Å²) in [7, 11) is 1.42. The number of carbonyl (C=O) groups excluding carboxylic acids is 1. The number of thiophene rings is 1. The maximum atomic E-state index is 11.2. The second-order valence-corrected chi connectivity index (χ2v) is 7.95. The first-order chi connectivity index (χ1) is 13.2. The van der Waals surface area contributed by atoms with Crippen molar-refractivity contribution in [2.75, 3.05) is 26.9 Å². The average Bonchev–Trinajstić information content (AvgIpc) is 3.13. The lowest BCUT2D eigenvalue weighted by Crippen LogP contribution is -2.15. The van der Waals surface area contributed by atoms with E-state index in [9.17, 15) is 4.79 Å². The van der Waals surface area contributed by atoms with Gasteiger partial charge in [0.1, 0.15) is 12.4 Å². The lowest BCUT2D eigenvalue weighted by atomic mass is 10.0. The quantitative estimate of drug-likeness (QED) is 0.611. The molecule has 0 bridgehead atoms. The predicted molar refractivity (Wildman–Crippen MR) is 108 cm³/mol. The van der Waals surface area contributed by atoms with Crippen molar-refractivity contribution in [3.05, 3.63) is 57.3 Å². The molecule has 0 amide bonds. The molecule has 144 valence electrons. The maximum absolute atomic E-state index is 11.2. The fourth-order valence-corrected chi connectivity index (χ4v) is 4.11. The number of methoxy groups -OCH3 is 1. The van der Waals surface area contributed by atoms with Gasteiger partial charge in [0.05, 0.1) is 20.3 Å². The molecule has 0 aliphatic carbocycles. The fourth-order valence-electron chi connectivity index (χ4n) is 3.12. The Morgan fingerprint density at radius 3 is 2.70 bits per heavy atom. The normalized spacial score (nSPS) is 14.3. The third-order valence-corrected chi connectivity index (χ3v) is 5.71. The molecular formula is C22H26O4S. The number of carbonyl (C=O) groups is 1. The molecule has 5 heteroatoms. The molecule has 1 aliphatic heterocycles. The van der Waals surface area contributed by atoms with Crippen molar-refractivity contribution in [1.29, 1.82) is 0 Å². The van der Waals surface area contributed by atoms with Crippen LogP contribution in [0.2, 0.25) is 0 Å². The highest BCUT2D eigenvalue weighted by Gasteiger charge is 2.16. The van der Waals surface area contributed by atoms with E-state index in [2.05, 4.69) is 35.9 Å². The smallest absolute Gasteiger partial charge is 0.305 e. The van der Waals surface area contributed by atoms with Crippen molar-refractivity contribution in [3.8, 4) is 5.75 Å². The summed E-state index contributed by atoms with van der Waals surface area (Å²) in [5.74, 6) is 0.696. The van der Waals surface area contributed by atoms with Gasteiger partial charge in [-0.15, -0.1) is 11.3 Å². The van der Waals surface area contributed by atoms with E-state index < -0.39 is 0 Å². The van der Waals surface area contributed by atoms with Gasteiger partial charge in [-0.1, -0.05) is 12.1 Å². The molecule has 1 aliphatic rings. The Balaban J connectivity index is 1.57. The molecular weight excluding hydrogens is 360 g/mol. The number of rotatable bonds is 8. The second-order valence-electron chi connectivity index (χ2n) is 6.66. The second kappa shape index (κ2) is 9.72. The third-order valence-electron chi connectivity index (χ3n) is 4.65. The van der Waals surface area contributed by atoms with E-state index in [0.717, 1.165) is 31.6 Å². The summed E-state index contributed by atoms with van der Waals surface area (Å²) in [6.45, 7) is 4.10. The summed E-state index contributed by atoms with van der Waals surface area (Å²) < 4.78 is 16.3. The van der Waals surface area contributed by atoms with E-state index in [1.165, 1.54) is 33.6 Å². The van der Waals surface area contributed by atoms with Crippen molar-refractivity contribution < 1.29 is 19.0 Å². The summed E-state index contributed by atoms with van der Waals surface area (Å²) in [5, 5.41) is 0. The van der Waals surface area contributed by atoms with Crippen LogP contribution in [0.25, 0.3) is 5.57 Å². The van der Waals surface area contributed by atoms with E-state index in [4.69, 9.17) is 9.47 Å². The van der Waals surface area contributed by atoms with Crippen LogP contribution in [0.3, 0.4) is 0 Å². The Hall–Kier alpha value is -2.11. The van der Waals surface area contributed by atoms with E-state index in [1.807, 2.05) is 23.5 Å². The Morgan fingerprint density at radius 1 is 1.19 bits per heavy atom. The molecule has 3 rings (SSSR count). The molecule has 0 radical (unpaired) electrons. The van der Waals surface area contributed by atoms with E-state index >= 15 is 0 Å². The highest BCUT2D eigenvalue weighted by atomic mass is 32.1. The van der Waals surface area contributed by atoms with Crippen molar-refractivity contribution in [3.63, 3.8) is 0 Å². The van der Waals surface area contributed by atoms with Gasteiger partial charge in [0.15, 0.2) is 0 Å². The van der Waals surface area contributed by atoms with Gasteiger partial charge in [-0.2, -0.15) is 0 Å². The van der Waals surface area contributed by atoms with E-state index in [-0.39, 0.29) is 5.97 Å². The van der Waals surface area contributed by atoms with Crippen molar-refractivity contribution >= 4 is 22.9 Å². The van der Waals surface area contributed by atoms with Crippen LogP contribution in [-0.2, 0) is 20.7 Å². The minimum Gasteiger partial charge on any atom is -0.489 e. The first-order valence-electron chi connectivity index (χ1n) is 9.29. The number of aryl methyl sites for hydroxylation is 2. The molecule has 1 aromatic carbocycles. The zero-order valence-corrected chi connectivity index (χ0v) is 16.8. The summed E-state index contributed by atoms with van der Waals surface area (Å²) in [6.07, 6.45) is 3.04. The van der Waals surface area contributed by atoms with Gasteiger partial charge in [-0.05, 0) is 67.2 Å². The topological polar surface area (TPSA) is 44.8 Å². The summed E-state index contributed by atoms with van der Waals surface area (Å²) in [4.78, 5) is 13.8. The number of esters is 1. The highest BCUT2D eigenvalue weighted by Crippen LogP contribution is 2.31. The van der Waals surface area contributed by atoms with Crippen LogP contribution in [0.15, 0.2) is 42.0 Å². The largest absolute Gasteiger partial charge is 0.489 e. The van der Waals surface area contributed by atoms with Crippen LogP contribution in [0.5, 0.6) is 5.75 Å². The monoisotopic (exact) mass is 386 g/mol. The number of benzene rings is 1. The van der Waals surface area contributed by atoms with Gasteiger partial charge >= 0.3 is 5.97 Å². The summed E-state index contributed by atoms with van der Waals surface area (Å²) in [5.41, 5.74) is 3.80. The molecule has 0 fully saturated rings. The first kappa shape index (κ1) is 19.6. The number of hydrogen-bond donors (Lipinski definition) is 0. The molecule has 0 N–H and O–H groups in total. The Labute approximate surface area is 164 Å². The number of ether oxygens (including phenoxy) is 3. The molecule has 0 saturated carbocycles. The van der Waals surface area contributed by atoms with Crippen molar-refractivity contribution in [1.82, 2.24) is 0 Å². The molecule has 0 spiro atoms. The van der Waals surface area contributed by atoms with Gasteiger partial charge in [0, 0.05) is 16.2 Å². The SMILES string of the molecule is COC(=O)CCCc1ccc(OCC2=C(c3ccc(C)s3)CCOC2)cc1. The van der Waals surface area contributed by atoms with Gasteiger partial charge in [0.25, 0.3) is 0 Å². The van der Waals surface area contributed by atoms with Gasteiger partial charge in [0.2, 0.25) is 0 Å². The number of hydrogen-bond acceptors (Lipinski definition) is 5. The zero-order chi connectivity index (χ0) is 19.1. The van der Waals surface area contributed by atoms with Crippen LogP contribution in [0, 0.1) is 6.92 Å². The summed E-state index contributed by atoms with van der Waals surface area (Å²) >= 11 is 1.83. The van der Waals surface area contributed by atoms with Crippen LogP contribution in [-0.4, -0.2) is 32.9 Å². The molecule has 0 unspecified atom stereocenters. The molecule has 4 nitrogen and oxygen atoms in total. The van der Waals surface area contributed by atoms with Gasteiger partial charge < -0.3 is 14.2 Å². The van der Waals surface area contributed by atoms with Crippen LogP contribution in [0.4, 0.5) is 0 Å². The lowest BCUT2D eigenvalue weighted by molar-refractivity contribution is -0.140. The lowest BCUT2D eigenvalue weighted by Gasteiger charge is -2.20. The van der Waals surface area contributed by atoms with Crippen LogP contribution < -0.4 is 4.74 Å². The highest BCUT2D eigenvalue weighted by molar-refractivity contribution is 7.13. The minimum absolute atomic E-state index is 0.158. The van der Waals surface area contributed by atoms with E-state index in [0.29, 0.717) is 19.6 Å². The van der Waals surface area contributed by atoms with Gasteiger partial charge in [-0.25, -0.2) is 0 Å². The Bertz CT molecular complexity index is 789. The van der Waals surface area contributed by atoms with Gasteiger partial charge in [-0.3, -0.25) is 4.79 Å². The maximum Gasteiger partial charge on any atom is 0.305 e. The Morgan fingerprint density at radius 2 is 2.00 bits per heavy atom. The van der Waals surface area contributed by atoms with Crippen molar-refractivity contribution in [2.24, 2.45) is 0 Å². The third kappa shape index (κ3) is 5.68. The van der Waals surface area contributed by atoms with Crippen LogP contribution >= 0.6 is 11.3 Å². The summed E-state index contributed by atoms with van der Waals surface area (Å²) in [6, 6.07) is 12.5. The van der Waals surface area contributed by atoms with Crippen LogP contribution in [0.1, 0.15) is 34.6 Å². The molecule has 27 heavy (non-hydrogen) atoms. The minimum atomic E-state index is -0.158. The molecule has 2 heterocycles. The Kier molecular flexibility index (Phi) is 7.07. The zero-order valence-electron chi connectivity index (χ0n) is 16.0. The van der Waals surface area contributed by atoms with Crippen molar-refractivity contribution in [2.45, 2.75) is 32.6 Å². The average molecular weight is 387 g/mol. The molecule has 1 aromatic heterocycles. The molecule has 2 aromatic rings. The van der Waals surface area contributed by atoms with E-state index in [1.54, 1.807) is 0 Å². The molecule has 0 saturated heterocycles.